The minimum Gasteiger partial charge on any atom is -0.444 e. The quantitative estimate of drug-likeness (QED) is 0.667. The van der Waals surface area contributed by atoms with Crippen LogP contribution < -0.4 is 5.32 Å². The molecular weight excluding hydrogens is 380 g/mol. The molecule has 0 aliphatic carbocycles. The van der Waals surface area contributed by atoms with Crippen molar-refractivity contribution in [1.29, 1.82) is 0 Å². The van der Waals surface area contributed by atoms with E-state index in [-0.39, 0.29) is 5.91 Å². The standard InChI is InChI=1S/C23H26N4O3/c1-23(2,3)30-22(29)27-13-7-12-19(27)21(28)24-16-9-6-8-15(14-16)20-25-17-10-4-5-11-18(17)26-20/h4-6,8-11,14,19H,7,12-13H2,1-3H3,(H,24,28)(H,25,26). The van der Waals surface area contributed by atoms with E-state index in [1.54, 1.807) is 0 Å². The summed E-state index contributed by atoms with van der Waals surface area (Å²) < 4.78 is 5.45. The summed E-state index contributed by atoms with van der Waals surface area (Å²) in [6.45, 7) is 5.98. The van der Waals surface area contributed by atoms with E-state index in [9.17, 15) is 9.59 Å². The molecule has 0 radical (unpaired) electrons. The molecule has 1 unspecified atom stereocenters. The predicted molar refractivity (Wildman–Crippen MR) is 116 cm³/mol. The zero-order valence-corrected chi connectivity index (χ0v) is 17.4. The maximum atomic E-state index is 12.9. The van der Waals surface area contributed by atoms with E-state index in [2.05, 4.69) is 15.3 Å². The van der Waals surface area contributed by atoms with Crippen molar-refractivity contribution in [1.82, 2.24) is 14.9 Å². The molecule has 2 aromatic carbocycles. The number of carbonyl (C=O) groups is 2. The molecule has 1 fully saturated rings. The minimum atomic E-state index is -0.596. The second kappa shape index (κ2) is 7.82. The molecule has 2 N–H and O–H groups in total. The number of para-hydroxylation sites is 2. The van der Waals surface area contributed by atoms with Gasteiger partial charge in [0.15, 0.2) is 0 Å². The molecule has 2 heterocycles. The van der Waals surface area contributed by atoms with E-state index in [1.807, 2.05) is 69.3 Å². The number of nitrogens with one attached hydrogen (secondary N) is 2. The van der Waals surface area contributed by atoms with Gasteiger partial charge in [0.05, 0.1) is 11.0 Å². The van der Waals surface area contributed by atoms with Gasteiger partial charge in [-0.25, -0.2) is 9.78 Å². The van der Waals surface area contributed by atoms with Crippen LogP contribution in [-0.4, -0.2) is 45.1 Å². The largest absolute Gasteiger partial charge is 0.444 e. The molecule has 7 nitrogen and oxygen atoms in total. The number of likely N-dealkylation sites (tertiary alicyclic amines) is 1. The number of rotatable bonds is 3. The van der Waals surface area contributed by atoms with Crippen LogP contribution in [-0.2, 0) is 9.53 Å². The number of imidazole rings is 1. The number of fused-ring (bicyclic) bond motifs is 1. The fraction of sp³-hybridized carbons (Fsp3) is 0.348. The Bertz CT molecular complexity index is 1050. The van der Waals surface area contributed by atoms with Crippen molar-refractivity contribution in [3.8, 4) is 11.4 Å². The molecule has 3 aromatic rings. The Labute approximate surface area is 175 Å². The van der Waals surface area contributed by atoms with Crippen molar-refractivity contribution in [2.45, 2.75) is 45.3 Å². The number of H-pyrrole nitrogens is 1. The summed E-state index contributed by atoms with van der Waals surface area (Å²) in [5, 5.41) is 2.95. The summed E-state index contributed by atoms with van der Waals surface area (Å²) in [5.41, 5.74) is 2.79. The van der Waals surface area contributed by atoms with Gasteiger partial charge >= 0.3 is 6.09 Å². The van der Waals surface area contributed by atoms with Crippen molar-refractivity contribution in [2.24, 2.45) is 0 Å². The van der Waals surface area contributed by atoms with E-state index in [4.69, 9.17) is 4.74 Å². The first kappa shape index (κ1) is 19.9. The first-order valence-corrected chi connectivity index (χ1v) is 10.2. The zero-order chi connectivity index (χ0) is 21.3. The molecule has 4 rings (SSSR count). The molecule has 1 aromatic heterocycles. The monoisotopic (exact) mass is 406 g/mol. The Morgan fingerprint density at radius 1 is 1.17 bits per heavy atom. The molecule has 1 aliphatic rings. The lowest BCUT2D eigenvalue weighted by Gasteiger charge is -2.28. The van der Waals surface area contributed by atoms with Gasteiger partial charge in [-0.15, -0.1) is 0 Å². The molecule has 7 heteroatoms. The third-order valence-corrected chi connectivity index (χ3v) is 4.98. The third-order valence-electron chi connectivity index (χ3n) is 4.98. The highest BCUT2D eigenvalue weighted by Crippen LogP contribution is 2.25. The molecular formula is C23H26N4O3. The molecule has 1 aliphatic heterocycles. The van der Waals surface area contributed by atoms with Crippen LogP contribution in [0.25, 0.3) is 22.4 Å². The van der Waals surface area contributed by atoms with Crippen molar-refractivity contribution < 1.29 is 14.3 Å². The van der Waals surface area contributed by atoms with Gasteiger partial charge in [0.1, 0.15) is 17.5 Å². The summed E-state index contributed by atoms with van der Waals surface area (Å²) in [4.78, 5) is 34.8. The van der Waals surface area contributed by atoms with Crippen LogP contribution in [0.3, 0.4) is 0 Å². The van der Waals surface area contributed by atoms with Crippen LogP contribution in [0.4, 0.5) is 10.5 Å². The van der Waals surface area contributed by atoms with Gasteiger partial charge in [-0.05, 0) is 57.9 Å². The molecule has 0 saturated carbocycles. The molecule has 30 heavy (non-hydrogen) atoms. The van der Waals surface area contributed by atoms with Gasteiger partial charge in [-0.1, -0.05) is 24.3 Å². The highest BCUT2D eigenvalue weighted by molar-refractivity contribution is 5.97. The molecule has 0 spiro atoms. The number of aromatic nitrogens is 2. The number of hydrogen-bond donors (Lipinski definition) is 2. The number of amides is 2. The van der Waals surface area contributed by atoms with Crippen LogP contribution in [0.5, 0.6) is 0 Å². The molecule has 0 bridgehead atoms. The smallest absolute Gasteiger partial charge is 0.410 e. The topological polar surface area (TPSA) is 87.3 Å². The van der Waals surface area contributed by atoms with E-state index in [0.717, 1.165) is 28.8 Å². The fourth-order valence-corrected chi connectivity index (χ4v) is 3.64. The number of ether oxygens (including phenoxy) is 1. The normalized spacial score (nSPS) is 16.6. The van der Waals surface area contributed by atoms with Crippen molar-refractivity contribution >= 4 is 28.7 Å². The number of benzene rings is 2. The number of aromatic amines is 1. The summed E-state index contributed by atoms with van der Waals surface area (Å²) in [6.07, 6.45) is 0.946. The predicted octanol–water partition coefficient (Wildman–Crippen LogP) is 4.57. The Morgan fingerprint density at radius 2 is 1.97 bits per heavy atom. The molecule has 2 amide bonds. The summed E-state index contributed by atoms with van der Waals surface area (Å²) >= 11 is 0. The van der Waals surface area contributed by atoms with Gasteiger partial charge in [0.2, 0.25) is 5.91 Å². The Balaban J connectivity index is 1.49. The van der Waals surface area contributed by atoms with Crippen LogP contribution in [0.15, 0.2) is 48.5 Å². The van der Waals surface area contributed by atoms with Crippen LogP contribution in [0.2, 0.25) is 0 Å². The first-order valence-electron chi connectivity index (χ1n) is 10.2. The summed E-state index contributed by atoms with van der Waals surface area (Å²) in [6, 6.07) is 14.8. The lowest BCUT2D eigenvalue weighted by molar-refractivity contribution is -0.120. The minimum absolute atomic E-state index is 0.208. The van der Waals surface area contributed by atoms with Crippen molar-refractivity contribution in [3.05, 3.63) is 48.5 Å². The lowest BCUT2D eigenvalue weighted by Crippen LogP contribution is -2.45. The SMILES string of the molecule is CC(C)(C)OC(=O)N1CCCC1C(=O)Nc1cccc(-c2nc3ccccc3[nH]2)c1. The number of carbonyl (C=O) groups excluding carboxylic acids is 2. The molecule has 1 atom stereocenters. The molecule has 156 valence electrons. The first-order chi connectivity index (χ1) is 14.3. The summed E-state index contributed by atoms with van der Waals surface area (Å²) in [7, 11) is 0. The number of anilines is 1. The Hall–Kier alpha value is -3.35. The van der Waals surface area contributed by atoms with E-state index in [0.29, 0.717) is 18.7 Å². The maximum Gasteiger partial charge on any atom is 0.410 e. The maximum absolute atomic E-state index is 12.9. The second-order valence-electron chi connectivity index (χ2n) is 8.50. The van der Waals surface area contributed by atoms with Crippen molar-refractivity contribution in [2.75, 3.05) is 11.9 Å². The van der Waals surface area contributed by atoms with Crippen LogP contribution in [0.1, 0.15) is 33.6 Å². The Kier molecular flexibility index (Phi) is 5.20. The third kappa shape index (κ3) is 4.30. The number of hydrogen-bond acceptors (Lipinski definition) is 4. The van der Waals surface area contributed by atoms with Gasteiger partial charge in [-0.3, -0.25) is 9.69 Å². The van der Waals surface area contributed by atoms with Crippen LogP contribution in [0, 0.1) is 0 Å². The van der Waals surface area contributed by atoms with Crippen LogP contribution >= 0.6 is 0 Å². The van der Waals surface area contributed by atoms with Crippen molar-refractivity contribution in [3.63, 3.8) is 0 Å². The van der Waals surface area contributed by atoms with E-state index < -0.39 is 17.7 Å². The zero-order valence-electron chi connectivity index (χ0n) is 17.4. The van der Waals surface area contributed by atoms with E-state index >= 15 is 0 Å². The molecule has 1 saturated heterocycles. The number of nitrogens with zero attached hydrogens (tertiary/aromatic N) is 2. The average molecular weight is 406 g/mol. The highest BCUT2D eigenvalue weighted by atomic mass is 16.6. The van der Waals surface area contributed by atoms with E-state index in [1.165, 1.54) is 4.90 Å². The van der Waals surface area contributed by atoms with Gasteiger partial charge in [-0.2, -0.15) is 0 Å². The van der Waals surface area contributed by atoms with Gasteiger partial charge in [0, 0.05) is 17.8 Å². The van der Waals surface area contributed by atoms with Gasteiger partial charge in [0.25, 0.3) is 0 Å². The Morgan fingerprint density at radius 3 is 2.73 bits per heavy atom. The average Bonchev–Trinajstić information content (AvgIpc) is 3.34. The fourth-order valence-electron chi connectivity index (χ4n) is 3.64. The lowest BCUT2D eigenvalue weighted by atomic mass is 10.1. The van der Waals surface area contributed by atoms with Gasteiger partial charge < -0.3 is 15.0 Å². The summed E-state index contributed by atoms with van der Waals surface area (Å²) in [5.74, 6) is 0.531. The second-order valence-corrected chi connectivity index (χ2v) is 8.50. The highest BCUT2D eigenvalue weighted by Gasteiger charge is 2.36.